The van der Waals surface area contributed by atoms with Gasteiger partial charge in [0.2, 0.25) is 0 Å². The highest BCUT2D eigenvalue weighted by atomic mass is 32.1. The Morgan fingerprint density at radius 3 is 2.80 bits per heavy atom. The lowest BCUT2D eigenvalue weighted by Crippen LogP contribution is -2.30. The van der Waals surface area contributed by atoms with E-state index in [9.17, 15) is 0 Å². The van der Waals surface area contributed by atoms with Gasteiger partial charge in [0.1, 0.15) is 0 Å². The average molecular weight is 289 g/mol. The molecule has 0 amide bonds. The standard InChI is InChI=1S/C16H23N3S/c1-13(9-16-5-4-8-20-16)19(3)12-15-7-6-14(10-17-2)11-18-15/h4-8,11,13,17H,9-10,12H2,1-3H3. The van der Waals surface area contributed by atoms with Crippen molar-refractivity contribution in [3.8, 4) is 0 Å². The van der Waals surface area contributed by atoms with E-state index in [1.807, 2.05) is 24.6 Å². The van der Waals surface area contributed by atoms with Crippen LogP contribution in [0.15, 0.2) is 35.8 Å². The van der Waals surface area contributed by atoms with Gasteiger partial charge in [0.15, 0.2) is 0 Å². The van der Waals surface area contributed by atoms with Crippen molar-refractivity contribution in [1.82, 2.24) is 15.2 Å². The summed E-state index contributed by atoms with van der Waals surface area (Å²) in [5, 5.41) is 5.28. The molecule has 0 saturated carbocycles. The fraction of sp³-hybridized carbons (Fsp3) is 0.438. The van der Waals surface area contributed by atoms with E-state index in [0.29, 0.717) is 6.04 Å². The summed E-state index contributed by atoms with van der Waals surface area (Å²) >= 11 is 1.83. The van der Waals surface area contributed by atoms with Crippen LogP contribution in [0.5, 0.6) is 0 Å². The smallest absolute Gasteiger partial charge is 0.0544 e. The van der Waals surface area contributed by atoms with Crippen molar-refractivity contribution in [2.75, 3.05) is 14.1 Å². The highest BCUT2D eigenvalue weighted by Gasteiger charge is 2.11. The third-order valence-electron chi connectivity index (χ3n) is 3.51. The largest absolute Gasteiger partial charge is 0.316 e. The summed E-state index contributed by atoms with van der Waals surface area (Å²) < 4.78 is 0. The Morgan fingerprint density at radius 1 is 1.35 bits per heavy atom. The van der Waals surface area contributed by atoms with Gasteiger partial charge in [-0.1, -0.05) is 12.1 Å². The van der Waals surface area contributed by atoms with E-state index in [1.54, 1.807) is 0 Å². The lowest BCUT2D eigenvalue weighted by Gasteiger charge is -2.24. The summed E-state index contributed by atoms with van der Waals surface area (Å²) in [6.45, 7) is 4.04. The molecule has 0 aliphatic heterocycles. The number of rotatable bonds is 7. The zero-order valence-corrected chi connectivity index (χ0v) is 13.3. The average Bonchev–Trinajstić information content (AvgIpc) is 2.94. The van der Waals surface area contributed by atoms with E-state index in [0.717, 1.165) is 25.2 Å². The van der Waals surface area contributed by atoms with Crippen molar-refractivity contribution < 1.29 is 0 Å². The van der Waals surface area contributed by atoms with E-state index in [2.05, 4.69) is 58.8 Å². The molecular formula is C16H23N3S. The molecule has 0 bridgehead atoms. The van der Waals surface area contributed by atoms with E-state index < -0.39 is 0 Å². The van der Waals surface area contributed by atoms with Crippen molar-refractivity contribution in [3.63, 3.8) is 0 Å². The second kappa shape index (κ2) is 7.53. The lowest BCUT2D eigenvalue weighted by atomic mass is 10.1. The van der Waals surface area contributed by atoms with E-state index >= 15 is 0 Å². The third-order valence-corrected chi connectivity index (χ3v) is 4.41. The predicted molar refractivity (Wildman–Crippen MR) is 86.0 cm³/mol. The summed E-state index contributed by atoms with van der Waals surface area (Å²) in [4.78, 5) is 8.34. The molecule has 0 saturated heterocycles. The van der Waals surface area contributed by atoms with Gasteiger partial charge in [-0.3, -0.25) is 9.88 Å². The Bertz CT molecular complexity index is 493. The minimum atomic E-state index is 0.521. The molecule has 0 radical (unpaired) electrons. The molecule has 1 unspecified atom stereocenters. The summed E-state index contributed by atoms with van der Waals surface area (Å²) in [5.74, 6) is 0. The third kappa shape index (κ3) is 4.40. The lowest BCUT2D eigenvalue weighted by molar-refractivity contribution is 0.246. The number of likely N-dealkylation sites (N-methyl/N-ethyl adjacent to an activating group) is 1. The Morgan fingerprint density at radius 2 is 2.20 bits per heavy atom. The minimum absolute atomic E-state index is 0.521. The zero-order valence-electron chi connectivity index (χ0n) is 12.5. The summed E-state index contributed by atoms with van der Waals surface area (Å²) in [7, 11) is 4.12. The minimum Gasteiger partial charge on any atom is -0.316 e. The Hall–Kier alpha value is -1.23. The molecule has 2 aromatic rings. The molecule has 0 aliphatic rings. The maximum Gasteiger partial charge on any atom is 0.0544 e. The van der Waals surface area contributed by atoms with Gasteiger partial charge in [-0.15, -0.1) is 11.3 Å². The fourth-order valence-electron chi connectivity index (χ4n) is 2.14. The molecule has 1 atom stereocenters. The van der Waals surface area contributed by atoms with Crippen LogP contribution < -0.4 is 5.32 Å². The number of hydrogen-bond donors (Lipinski definition) is 1. The van der Waals surface area contributed by atoms with Crippen LogP contribution in [0.3, 0.4) is 0 Å². The molecular weight excluding hydrogens is 266 g/mol. The number of hydrogen-bond acceptors (Lipinski definition) is 4. The van der Waals surface area contributed by atoms with Crippen LogP contribution >= 0.6 is 11.3 Å². The summed E-state index contributed by atoms with van der Waals surface area (Å²) in [6, 6.07) is 9.12. The first-order valence-corrected chi connectivity index (χ1v) is 7.88. The van der Waals surface area contributed by atoms with E-state index in [-0.39, 0.29) is 0 Å². The van der Waals surface area contributed by atoms with Crippen molar-refractivity contribution in [2.24, 2.45) is 0 Å². The van der Waals surface area contributed by atoms with Crippen molar-refractivity contribution in [1.29, 1.82) is 0 Å². The number of thiophene rings is 1. The highest BCUT2D eigenvalue weighted by Crippen LogP contribution is 2.14. The molecule has 0 aliphatic carbocycles. The highest BCUT2D eigenvalue weighted by molar-refractivity contribution is 7.09. The van der Waals surface area contributed by atoms with Crippen LogP contribution in [0.25, 0.3) is 0 Å². The van der Waals surface area contributed by atoms with Crippen LogP contribution in [0.2, 0.25) is 0 Å². The topological polar surface area (TPSA) is 28.2 Å². The van der Waals surface area contributed by atoms with Crippen LogP contribution in [0.4, 0.5) is 0 Å². The monoisotopic (exact) mass is 289 g/mol. The SMILES string of the molecule is CNCc1ccc(CN(C)C(C)Cc2cccs2)nc1. The molecule has 1 N–H and O–H groups in total. The first kappa shape index (κ1) is 15.2. The molecule has 0 aromatic carbocycles. The van der Waals surface area contributed by atoms with Gasteiger partial charge in [0.25, 0.3) is 0 Å². The Balaban J connectivity index is 1.88. The number of pyridine rings is 1. The quantitative estimate of drug-likeness (QED) is 0.849. The second-order valence-electron chi connectivity index (χ2n) is 5.24. The van der Waals surface area contributed by atoms with Crippen LogP contribution in [0.1, 0.15) is 23.1 Å². The van der Waals surface area contributed by atoms with E-state index in [1.165, 1.54) is 10.4 Å². The molecule has 4 heteroatoms. The summed E-state index contributed by atoms with van der Waals surface area (Å²) in [6.07, 6.45) is 3.07. The van der Waals surface area contributed by atoms with Crippen LogP contribution in [0, 0.1) is 0 Å². The first-order valence-electron chi connectivity index (χ1n) is 7.00. The Kier molecular flexibility index (Phi) is 5.71. The van der Waals surface area contributed by atoms with Gasteiger partial charge < -0.3 is 5.32 Å². The molecule has 2 aromatic heterocycles. The molecule has 3 nitrogen and oxygen atoms in total. The van der Waals surface area contributed by atoms with E-state index in [4.69, 9.17) is 0 Å². The molecule has 0 fully saturated rings. The van der Waals surface area contributed by atoms with Gasteiger partial charge in [-0.25, -0.2) is 0 Å². The molecule has 0 spiro atoms. The number of nitrogens with zero attached hydrogens (tertiary/aromatic N) is 2. The molecule has 2 rings (SSSR count). The Labute approximate surface area is 125 Å². The summed E-state index contributed by atoms with van der Waals surface area (Å²) in [5.41, 5.74) is 2.36. The van der Waals surface area contributed by atoms with Gasteiger partial charge in [-0.05, 0) is 50.5 Å². The number of aromatic nitrogens is 1. The predicted octanol–water partition coefficient (Wildman–Crippen LogP) is 2.93. The second-order valence-corrected chi connectivity index (χ2v) is 6.27. The maximum atomic E-state index is 4.54. The maximum absolute atomic E-state index is 4.54. The van der Waals surface area contributed by atoms with Gasteiger partial charge in [0, 0.05) is 30.2 Å². The molecule has 108 valence electrons. The van der Waals surface area contributed by atoms with Crippen LogP contribution in [-0.2, 0) is 19.5 Å². The van der Waals surface area contributed by atoms with Gasteiger partial charge in [0.05, 0.1) is 5.69 Å². The normalized spacial score (nSPS) is 12.8. The van der Waals surface area contributed by atoms with Crippen LogP contribution in [-0.4, -0.2) is 30.0 Å². The fourth-order valence-corrected chi connectivity index (χ4v) is 2.97. The van der Waals surface area contributed by atoms with Gasteiger partial charge in [-0.2, -0.15) is 0 Å². The zero-order chi connectivity index (χ0) is 14.4. The van der Waals surface area contributed by atoms with Crippen molar-refractivity contribution >= 4 is 11.3 Å². The molecule has 20 heavy (non-hydrogen) atoms. The van der Waals surface area contributed by atoms with Crippen molar-refractivity contribution in [3.05, 3.63) is 52.0 Å². The molecule has 2 heterocycles. The van der Waals surface area contributed by atoms with Gasteiger partial charge >= 0.3 is 0 Å². The first-order chi connectivity index (χ1) is 9.69. The van der Waals surface area contributed by atoms with Crippen molar-refractivity contribution in [2.45, 2.75) is 32.5 Å². The number of nitrogens with one attached hydrogen (secondary N) is 1.